The molecule has 4 heterocycles. The summed E-state index contributed by atoms with van der Waals surface area (Å²) in [7, 11) is 1.92. The van der Waals surface area contributed by atoms with Crippen molar-refractivity contribution in [1.82, 2.24) is 24.8 Å². The molecule has 4 rings (SSSR count). The van der Waals surface area contributed by atoms with Gasteiger partial charge in [-0.2, -0.15) is 5.10 Å². The van der Waals surface area contributed by atoms with E-state index in [-0.39, 0.29) is 5.91 Å². The van der Waals surface area contributed by atoms with Crippen molar-refractivity contribution in [1.29, 1.82) is 0 Å². The minimum absolute atomic E-state index is 0.0711. The van der Waals surface area contributed by atoms with Crippen molar-refractivity contribution < 1.29 is 9.32 Å². The second-order valence-corrected chi connectivity index (χ2v) is 6.49. The summed E-state index contributed by atoms with van der Waals surface area (Å²) in [6.45, 7) is 3.39. The molecule has 3 aromatic rings. The molecule has 1 amide bonds. The summed E-state index contributed by atoms with van der Waals surface area (Å²) < 4.78 is 7.01. The number of likely N-dealkylation sites (tertiary alicyclic amines) is 1. The minimum atomic E-state index is -0.0711. The predicted molar refractivity (Wildman–Crippen MR) is 92.3 cm³/mol. The number of piperidine rings is 1. The Morgan fingerprint density at radius 1 is 1.36 bits per heavy atom. The molecular weight excluding hydrogens is 318 g/mol. The van der Waals surface area contributed by atoms with E-state index in [1.165, 1.54) is 0 Å². The zero-order valence-corrected chi connectivity index (χ0v) is 14.5. The summed E-state index contributed by atoms with van der Waals surface area (Å²) in [6.07, 6.45) is 4.33. The van der Waals surface area contributed by atoms with Crippen LogP contribution in [0.25, 0.3) is 11.0 Å². The van der Waals surface area contributed by atoms with Crippen LogP contribution in [0.3, 0.4) is 0 Å². The molecule has 0 N–H and O–H groups in total. The lowest BCUT2D eigenvalue weighted by Crippen LogP contribution is -2.37. The molecule has 0 aliphatic carbocycles. The quantitative estimate of drug-likeness (QED) is 0.733. The van der Waals surface area contributed by atoms with E-state index >= 15 is 0 Å². The highest BCUT2D eigenvalue weighted by atomic mass is 16.5. The normalized spacial score (nSPS) is 15.8. The van der Waals surface area contributed by atoms with E-state index in [0.717, 1.165) is 41.7 Å². The molecule has 7 heteroatoms. The van der Waals surface area contributed by atoms with Crippen molar-refractivity contribution in [3.8, 4) is 0 Å². The maximum atomic E-state index is 12.6. The summed E-state index contributed by atoms with van der Waals surface area (Å²) in [5.74, 6) is 0.610. The number of nitrogens with zero attached hydrogens (tertiary/aromatic N) is 5. The first-order valence-corrected chi connectivity index (χ1v) is 8.70. The van der Waals surface area contributed by atoms with Crippen LogP contribution < -0.4 is 0 Å². The van der Waals surface area contributed by atoms with Gasteiger partial charge in [-0.25, -0.2) is 4.98 Å². The number of carbonyl (C=O) groups excluding carboxylic acids is 1. The van der Waals surface area contributed by atoms with Crippen LogP contribution in [0.15, 0.2) is 28.9 Å². The van der Waals surface area contributed by atoms with E-state index < -0.39 is 0 Å². The Morgan fingerprint density at radius 3 is 2.88 bits per heavy atom. The van der Waals surface area contributed by atoms with Crippen molar-refractivity contribution in [2.75, 3.05) is 13.1 Å². The van der Waals surface area contributed by atoms with Crippen LogP contribution >= 0.6 is 0 Å². The largest absolute Gasteiger partial charge is 0.351 e. The Labute approximate surface area is 145 Å². The van der Waals surface area contributed by atoms with Crippen molar-refractivity contribution in [2.45, 2.75) is 32.1 Å². The molecule has 1 fully saturated rings. The number of hydrogen-bond donors (Lipinski definition) is 0. The molecule has 0 saturated carbocycles. The summed E-state index contributed by atoms with van der Waals surface area (Å²) in [5.41, 5.74) is 2.81. The average Bonchev–Trinajstić information content (AvgIpc) is 3.27. The van der Waals surface area contributed by atoms with Gasteiger partial charge in [0.1, 0.15) is 0 Å². The minimum Gasteiger partial charge on any atom is -0.351 e. The lowest BCUT2D eigenvalue weighted by atomic mass is 9.92. The Kier molecular flexibility index (Phi) is 3.99. The molecule has 3 aromatic heterocycles. The number of fused-ring (bicyclic) bond motifs is 1. The highest BCUT2D eigenvalue weighted by molar-refractivity contribution is 5.91. The molecule has 0 bridgehead atoms. The van der Waals surface area contributed by atoms with Crippen LogP contribution in [-0.4, -0.2) is 43.8 Å². The Morgan fingerprint density at radius 2 is 2.16 bits per heavy atom. The fraction of sp³-hybridized carbons (Fsp3) is 0.444. The fourth-order valence-corrected chi connectivity index (χ4v) is 3.51. The Bertz CT molecular complexity index is 905. The number of aromatic nitrogens is 4. The molecule has 7 nitrogen and oxygen atoms in total. The number of pyridine rings is 1. The van der Waals surface area contributed by atoms with Gasteiger partial charge < -0.3 is 9.42 Å². The van der Waals surface area contributed by atoms with Gasteiger partial charge in [-0.1, -0.05) is 12.1 Å². The zero-order chi connectivity index (χ0) is 17.4. The van der Waals surface area contributed by atoms with Gasteiger partial charge in [-0.3, -0.25) is 9.48 Å². The number of rotatable bonds is 3. The van der Waals surface area contributed by atoms with E-state index in [1.54, 1.807) is 12.3 Å². The second kappa shape index (κ2) is 6.31. The highest BCUT2D eigenvalue weighted by Crippen LogP contribution is 2.32. The van der Waals surface area contributed by atoms with Crippen LogP contribution in [0.2, 0.25) is 0 Å². The first-order chi connectivity index (χ1) is 12.2. The molecule has 130 valence electrons. The number of carbonyl (C=O) groups is 1. The first-order valence-electron chi connectivity index (χ1n) is 8.70. The van der Waals surface area contributed by atoms with Crippen molar-refractivity contribution >= 4 is 16.9 Å². The SMILES string of the molecule is CCc1cc(C(=O)N2CCC(c3nn(C)c4ncccc34)CC2)on1. The second-order valence-electron chi connectivity index (χ2n) is 6.49. The van der Waals surface area contributed by atoms with Crippen molar-refractivity contribution in [2.24, 2.45) is 7.05 Å². The predicted octanol–water partition coefficient (Wildman–Crippen LogP) is 2.54. The summed E-state index contributed by atoms with van der Waals surface area (Å²) in [6, 6.07) is 5.76. The smallest absolute Gasteiger partial charge is 0.292 e. The Balaban J connectivity index is 1.48. The van der Waals surface area contributed by atoms with Gasteiger partial charge in [0.05, 0.1) is 11.4 Å². The monoisotopic (exact) mass is 339 g/mol. The Hall–Kier alpha value is -2.70. The fourth-order valence-electron chi connectivity index (χ4n) is 3.51. The van der Waals surface area contributed by atoms with Gasteiger partial charge in [-0.05, 0) is 31.4 Å². The molecule has 1 saturated heterocycles. The van der Waals surface area contributed by atoms with E-state index in [1.807, 2.05) is 29.6 Å². The number of hydrogen-bond acceptors (Lipinski definition) is 5. The van der Waals surface area contributed by atoms with Crippen LogP contribution in [0.4, 0.5) is 0 Å². The van der Waals surface area contributed by atoms with Gasteiger partial charge in [-0.15, -0.1) is 0 Å². The van der Waals surface area contributed by atoms with Gasteiger partial charge in [0, 0.05) is 43.7 Å². The summed E-state index contributed by atoms with van der Waals surface area (Å²) in [4.78, 5) is 18.8. The molecule has 0 aromatic carbocycles. The van der Waals surface area contributed by atoms with Crippen LogP contribution in [0, 0.1) is 0 Å². The lowest BCUT2D eigenvalue weighted by molar-refractivity contribution is 0.0670. The topological polar surface area (TPSA) is 77.0 Å². The molecule has 0 unspecified atom stereocenters. The number of aryl methyl sites for hydroxylation is 2. The van der Waals surface area contributed by atoms with Crippen LogP contribution in [-0.2, 0) is 13.5 Å². The van der Waals surface area contributed by atoms with Crippen molar-refractivity contribution in [3.63, 3.8) is 0 Å². The first kappa shape index (κ1) is 15.8. The third kappa shape index (κ3) is 2.79. The highest BCUT2D eigenvalue weighted by Gasteiger charge is 2.29. The van der Waals surface area contributed by atoms with Crippen LogP contribution in [0.1, 0.15) is 47.6 Å². The van der Waals surface area contributed by atoms with Gasteiger partial charge in [0.15, 0.2) is 5.65 Å². The molecule has 0 atom stereocenters. The molecule has 0 spiro atoms. The molecule has 25 heavy (non-hydrogen) atoms. The summed E-state index contributed by atoms with van der Waals surface area (Å²) in [5, 5.41) is 9.69. The summed E-state index contributed by atoms with van der Waals surface area (Å²) >= 11 is 0. The molecule has 1 aliphatic heterocycles. The molecule has 0 radical (unpaired) electrons. The van der Waals surface area contributed by atoms with E-state index in [2.05, 4.69) is 21.3 Å². The number of amides is 1. The van der Waals surface area contributed by atoms with Crippen LogP contribution in [0.5, 0.6) is 0 Å². The van der Waals surface area contributed by atoms with E-state index in [4.69, 9.17) is 4.52 Å². The van der Waals surface area contributed by atoms with Gasteiger partial charge in [0.25, 0.3) is 5.91 Å². The third-order valence-corrected chi connectivity index (χ3v) is 4.93. The lowest BCUT2D eigenvalue weighted by Gasteiger charge is -2.30. The van der Waals surface area contributed by atoms with Gasteiger partial charge in [0.2, 0.25) is 5.76 Å². The standard InChI is InChI=1S/C18H21N5O2/c1-3-13-11-15(25-21-13)18(24)23-9-6-12(7-10-23)16-14-5-4-8-19-17(14)22(2)20-16/h4-5,8,11-12H,3,6-7,9-10H2,1-2H3. The van der Waals surface area contributed by atoms with Crippen molar-refractivity contribution in [3.05, 3.63) is 41.5 Å². The average molecular weight is 339 g/mol. The van der Waals surface area contributed by atoms with Gasteiger partial charge >= 0.3 is 0 Å². The maximum Gasteiger partial charge on any atom is 0.292 e. The van der Waals surface area contributed by atoms with E-state index in [9.17, 15) is 4.79 Å². The zero-order valence-electron chi connectivity index (χ0n) is 14.5. The third-order valence-electron chi connectivity index (χ3n) is 4.93. The maximum absolute atomic E-state index is 12.6. The molecule has 1 aliphatic rings. The molecular formula is C18H21N5O2. The van der Waals surface area contributed by atoms with E-state index in [0.29, 0.717) is 24.8 Å².